The van der Waals surface area contributed by atoms with Crippen molar-refractivity contribution in [3.63, 3.8) is 0 Å². The molecule has 162 valence electrons. The summed E-state index contributed by atoms with van der Waals surface area (Å²) in [6, 6.07) is 2.41. The monoisotopic (exact) mass is 389 g/mol. The minimum atomic E-state index is 0.292. The number of nitrogens with zero attached hydrogens (tertiary/aromatic N) is 1. The Morgan fingerprint density at radius 3 is 1.79 bits per heavy atom. The van der Waals surface area contributed by atoms with Crippen molar-refractivity contribution in [2.24, 2.45) is 17.8 Å². The molecule has 0 aromatic rings. The molecule has 2 aliphatic rings. The van der Waals surface area contributed by atoms with E-state index in [1.807, 2.05) is 0 Å². The van der Waals surface area contributed by atoms with Gasteiger partial charge in [0.1, 0.15) is 0 Å². The van der Waals surface area contributed by atoms with Gasteiger partial charge in [-0.1, -0.05) is 90.4 Å². The third-order valence-electron chi connectivity index (χ3n) is 7.40. The third-order valence-corrected chi connectivity index (χ3v) is 7.40. The van der Waals surface area contributed by atoms with Crippen LogP contribution >= 0.6 is 0 Å². The molecule has 0 unspecified atom stereocenters. The Morgan fingerprint density at radius 2 is 1.21 bits per heavy atom. The predicted molar refractivity (Wildman–Crippen MR) is 119 cm³/mol. The lowest BCUT2D eigenvalue weighted by Gasteiger charge is -2.29. The van der Waals surface area contributed by atoms with Gasteiger partial charge < -0.3 is 4.74 Å². The van der Waals surface area contributed by atoms with Crippen molar-refractivity contribution in [1.82, 2.24) is 0 Å². The molecule has 2 rings (SSSR count). The van der Waals surface area contributed by atoms with E-state index >= 15 is 0 Å². The average molecular weight is 390 g/mol. The Labute approximate surface area is 175 Å². The summed E-state index contributed by atoms with van der Waals surface area (Å²) in [6.07, 6.45) is 26.3. The van der Waals surface area contributed by atoms with E-state index in [4.69, 9.17) is 10.00 Å². The number of hydrogen-bond donors (Lipinski definition) is 0. The summed E-state index contributed by atoms with van der Waals surface area (Å²) in [4.78, 5) is 0. The van der Waals surface area contributed by atoms with Crippen molar-refractivity contribution in [3.8, 4) is 6.07 Å². The molecule has 0 atom stereocenters. The number of nitriles is 1. The Hall–Kier alpha value is -0.550. The maximum absolute atomic E-state index is 8.97. The molecule has 0 aromatic carbocycles. The molecule has 0 saturated heterocycles. The van der Waals surface area contributed by atoms with Crippen LogP contribution in [0.15, 0.2) is 0 Å². The average Bonchev–Trinajstić information content (AvgIpc) is 2.74. The van der Waals surface area contributed by atoms with E-state index in [0.717, 1.165) is 44.1 Å². The Balaban J connectivity index is 1.38. The van der Waals surface area contributed by atoms with E-state index in [2.05, 4.69) is 13.0 Å². The van der Waals surface area contributed by atoms with E-state index in [-0.39, 0.29) is 0 Å². The van der Waals surface area contributed by atoms with Crippen molar-refractivity contribution >= 4 is 0 Å². The molecule has 0 amide bonds. The maximum atomic E-state index is 8.97. The number of ether oxygens (including phenoxy) is 1. The van der Waals surface area contributed by atoms with Gasteiger partial charge in [-0.2, -0.15) is 5.26 Å². The molecule has 0 radical (unpaired) electrons. The quantitative estimate of drug-likeness (QED) is 0.280. The van der Waals surface area contributed by atoms with Crippen LogP contribution in [0, 0.1) is 29.1 Å². The van der Waals surface area contributed by atoms with Gasteiger partial charge in [-0.25, -0.2) is 0 Å². The molecule has 0 bridgehead atoms. The highest BCUT2D eigenvalue weighted by Gasteiger charge is 2.22. The Bertz CT molecular complexity index is 399. The van der Waals surface area contributed by atoms with Gasteiger partial charge in [-0.15, -0.1) is 0 Å². The first kappa shape index (κ1) is 23.7. The molecule has 0 heterocycles. The lowest BCUT2D eigenvalue weighted by molar-refractivity contribution is 0.0187. The summed E-state index contributed by atoms with van der Waals surface area (Å²) in [5.74, 6) is 2.29. The standard InChI is InChI=1S/C26H47NO/c1-2-3-4-5-6-7-8-9-11-23-13-15-24(16-14-23)12-10-21-28-26-19-17-25(22-27)18-20-26/h23-26H,2-21H2,1H3/t23-,24-,25?,26?. The minimum Gasteiger partial charge on any atom is -0.378 e. The normalized spacial score (nSPS) is 28.1. The number of rotatable bonds is 14. The third kappa shape index (κ3) is 10.3. The Kier molecular flexibility index (Phi) is 13.0. The summed E-state index contributed by atoms with van der Waals surface area (Å²) in [5, 5.41) is 8.97. The largest absolute Gasteiger partial charge is 0.378 e. The summed E-state index contributed by atoms with van der Waals surface area (Å²) < 4.78 is 6.09. The molecule has 0 spiro atoms. The molecular weight excluding hydrogens is 342 g/mol. The molecule has 2 aliphatic carbocycles. The van der Waals surface area contributed by atoms with E-state index < -0.39 is 0 Å². The molecule has 2 nitrogen and oxygen atoms in total. The summed E-state index contributed by atoms with van der Waals surface area (Å²) in [5.41, 5.74) is 0. The van der Waals surface area contributed by atoms with Gasteiger partial charge in [0, 0.05) is 12.5 Å². The highest BCUT2D eigenvalue weighted by atomic mass is 16.5. The maximum Gasteiger partial charge on any atom is 0.0655 e. The molecule has 2 saturated carbocycles. The second-order valence-corrected chi connectivity index (χ2v) is 9.77. The van der Waals surface area contributed by atoms with E-state index in [0.29, 0.717) is 12.0 Å². The summed E-state index contributed by atoms with van der Waals surface area (Å²) >= 11 is 0. The van der Waals surface area contributed by atoms with Gasteiger partial charge in [0.15, 0.2) is 0 Å². The van der Waals surface area contributed by atoms with Crippen LogP contribution in [0.4, 0.5) is 0 Å². The zero-order valence-corrected chi connectivity index (χ0v) is 18.8. The van der Waals surface area contributed by atoms with Crippen LogP contribution in [-0.4, -0.2) is 12.7 Å². The van der Waals surface area contributed by atoms with E-state index in [1.165, 1.54) is 96.3 Å². The zero-order chi connectivity index (χ0) is 19.9. The molecule has 0 N–H and O–H groups in total. The highest BCUT2D eigenvalue weighted by molar-refractivity contribution is 4.87. The first-order valence-electron chi connectivity index (χ1n) is 12.8. The molecule has 0 aliphatic heterocycles. The summed E-state index contributed by atoms with van der Waals surface area (Å²) in [6.45, 7) is 3.24. The first-order valence-corrected chi connectivity index (χ1v) is 12.8. The smallest absolute Gasteiger partial charge is 0.0655 e. The minimum absolute atomic E-state index is 0.292. The van der Waals surface area contributed by atoms with Crippen LogP contribution in [0.3, 0.4) is 0 Å². The van der Waals surface area contributed by atoms with Crippen LogP contribution in [0.25, 0.3) is 0 Å². The second kappa shape index (κ2) is 15.3. The van der Waals surface area contributed by atoms with Gasteiger partial charge in [-0.05, 0) is 50.4 Å². The SMILES string of the molecule is CCCCCCCCCC[C@H]1CC[C@H](CCCOC2CCC(C#N)CC2)CC1. The number of unbranched alkanes of at least 4 members (excludes halogenated alkanes) is 7. The molecular formula is C26H47NO. The van der Waals surface area contributed by atoms with Crippen LogP contribution < -0.4 is 0 Å². The van der Waals surface area contributed by atoms with Gasteiger partial charge in [0.25, 0.3) is 0 Å². The fourth-order valence-corrected chi connectivity index (χ4v) is 5.36. The van der Waals surface area contributed by atoms with Gasteiger partial charge in [0.05, 0.1) is 12.2 Å². The van der Waals surface area contributed by atoms with E-state index in [9.17, 15) is 0 Å². The molecule has 2 heteroatoms. The highest BCUT2D eigenvalue weighted by Crippen LogP contribution is 2.34. The van der Waals surface area contributed by atoms with Crippen LogP contribution in [0.1, 0.15) is 129 Å². The topological polar surface area (TPSA) is 33.0 Å². The predicted octanol–water partition coefficient (Wildman–Crippen LogP) is 8.20. The molecule has 2 fully saturated rings. The second-order valence-electron chi connectivity index (χ2n) is 9.77. The van der Waals surface area contributed by atoms with Crippen LogP contribution in [-0.2, 0) is 4.74 Å². The van der Waals surface area contributed by atoms with Gasteiger partial charge >= 0.3 is 0 Å². The van der Waals surface area contributed by atoms with Gasteiger partial charge in [0.2, 0.25) is 0 Å². The number of hydrogen-bond acceptors (Lipinski definition) is 2. The van der Waals surface area contributed by atoms with Gasteiger partial charge in [-0.3, -0.25) is 0 Å². The summed E-state index contributed by atoms with van der Waals surface area (Å²) in [7, 11) is 0. The van der Waals surface area contributed by atoms with Crippen molar-refractivity contribution in [2.75, 3.05) is 6.61 Å². The molecule has 28 heavy (non-hydrogen) atoms. The zero-order valence-electron chi connectivity index (χ0n) is 18.8. The first-order chi connectivity index (χ1) is 13.8. The van der Waals surface area contributed by atoms with Crippen molar-refractivity contribution < 1.29 is 4.74 Å². The lowest BCUT2D eigenvalue weighted by Crippen LogP contribution is -2.22. The molecule has 0 aromatic heterocycles. The van der Waals surface area contributed by atoms with Crippen molar-refractivity contribution in [1.29, 1.82) is 5.26 Å². The fourth-order valence-electron chi connectivity index (χ4n) is 5.36. The van der Waals surface area contributed by atoms with Crippen molar-refractivity contribution in [3.05, 3.63) is 0 Å². The van der Waals surface area contributed by atoms with E-state index in [1.54, 1.807) is 0 Å². The van der Waals surface area contributed by atoms with Crippen molar-refractivity contribution in [2.45, 2.75) is 135 Å². The van der Waals surface area contributed by atoms with Crippen LogP contribution in [0.2, 0.25) is 0 Å². The Morgan fingerprint density at radius 1 is 0.679 bits per heavy atom. The fraction of sp³-hybridized carbons (Fsp3) is 0.962. The lowest BCUT2D eigenvalue weighted by atomic mass is 9.78. The van der Waals surface area contributed by atoms with Crippen LogP contribution in [0.5, 0.6) is 0 Å².